The molecule has 2 unspecified atom stereocenters. The van der Waals surface area contributed by atoms with E-state index in [4.69, 9.17) is 4.74 Å². The quantitative estimate of drug-likeness (QED) is 0.483. The summed E-state index contributed by atoms with van der Waals surface area (Å²) in [5.41, 5.74) is 1.44. The van der Waals surface area contributed by atoms with Gasteiger partial charge in [-0.15, -0.1) is 0 Å². The molecular weight excluding hydrogens is 324 g/mol. The van der Waals surface area contributed by atoms with Crippen LogP contribution in [0.4, 0.5) is 0 Å². The number of rotatable bonds is 3. The summed E-state index contributed by atoms with van der Waals surface area (Å²) in [5, 5.41) is 0. The maximum atomic E-state index is 12.4. The molecule has 20 heavy (non-hydrogen) atoms. The monoisotopic (exact) mass is 338 g/mol. The normalized spacial score (nSPS) is 21.2. The van der Waals surface area contributed by atoms with E-state index in [1.807, 2.05) is 19.1 Å². The lowest BCUT2D eigenvalue weighted by Crippen LogP contribution is -2.36. The van der Waals surface area contributed by atoms with Crippen molar-refractivity contribution >= 4 is 33.5 Å². The largest absolute Gasteiger partial charge is 0.460 e. The fraction of sp³-hybridized carbons (Fsp3) is 0.400. The number of halogens is 1. The molecule has 0 fully saturated rings. The molecule has 0 saturated heterocycles. The minimum atomic E-state index is -0.925. The molecule has 1 aliphatic rings. The first-order valence-corrected chi connectivity index (χ1v) is 7.29. The van der Waals surface area contributed by atoms with Gasteiger partial charge in [0.1, 0.15) is 0 Å². The van der Waals surface area contributed by atoms with E-state index in [1.54, 1.807) is 13.0 Å². The summed E-state index contributed by atoms with van der Waals surface area (Å²) >= 11 is 3.32. The SMILES string of the molecule is CCOC(=O)C(=O)C1CC(C)c2ccc(Br)cc2C1=O. The van der Waals surface area contributed by atoms with Crippen LogP contribution < -0.4 is 0 Å². The van der Waals surface area contributed by atoms with E-state index in [1.165, 1.54) is 0 Å². The van der Waals surface area contributed by atoms with Gasteiger partial charge in [0.15, 0.2) is 5.78 Å². The first-order valence-electron chi connectivity index (χ1n) is 6.50. The lowest BCUT2D eigenvalue weighted by atomic mass is 9.75. The van der Waals surface area contributed by atoms with E-state index in [9.17, 15) is 14.4 Å². The van der Waals surface area contributed by atoms with Crippen LogP contribution in [0.1, 0.15) is 42.1 Å². The van der Waals surface area contributed by atoms with Crippen molar-refractivity contribution in [3.05, 3.63) is 33.8 Å². The van der Waals surface area contributed by atoms with Gasteiger partial charge in [0.2, 0.25) is 0 Å². The molecule has 0 spiro atoms. The van der Waals surface area contributed by atoms with Gasteiger partial charge in [-0.05, 0) is 37.0 Å². The van der Waals surface area contributed by atoms with Gasteiger partial charge in [-0.3, -0.25) is 9.59 Å². The van der Waals surface area contributed by atoms with E-state index in [0.29, 0.717) is 12.0 Å². The number of fused-ring (bicyclic) bond motifs is 1. The Bertz CT molecular complexity index is 579. The molecule has 0 radical (unpaired) electrons. The van der Waals surface area contributed by atoms with Crippen LogP contribution in [0.5, 0.6) is 0 Å². The molecular formula is C15H15BrO4. The van der Waals surface area contributed by atoms with Gasteiger partial charge in [-0.25, -0.2) is 4.79 Å². The summed E-state index contributed by atoms with van der Waals surface area (Å²) < 4.78 is 5.48. The van der Waals surface area contributed by atoms with Crippen molar-refractivity contribution in [1.82, 2.24) is 0 Å². The highest BCUT2D eigenvalue weighted by Crippen LogP contribution is 2.36. The molecule has 106 valence electrons. The Labute approximate surface area is 125 Å². The van der Waals surface area contributed by atoms with Crippen LogP contribution >= 0.6 is 15.9 Å². The zero-order valence-electron chi connectivity index (χ0n) is 11.3. The summed E-state index contributed by atoms with van der Waals surface area (Å²) in [6, 6.07) is 5.46. The zero-order chi connectivity index (χ0) is 14.9. The lowest BCUT2D eigenvalue weighted by Gasteiger charge is -2.27. The van der Waals surface area contributed by atoms with Crippen LogP contribution in [0.15, 0.2) is 22.7 Å². The predicted molar refractivity (Wildman–Crippen MR) is 76.6 cm³/mol. The summed E-state index contributed by atoms with van der Waals surface area (Å²) in [7, 11) is 0. The topological polar surface area (TPSA) is 60.4 Å². The number of carbonyl (C=O) groups excluding carboxylic acids is 3. The third-order valence-corrected chi connectivity index (χ3v) is 4.00. The van der Waals surface area contributed by atoms with Crippen molar-refractivity contribution in [2.75, 3.05) is 6.61 Å². The van der Waals surface area contributed by atoms with Crippen molar-refractivity contribution in [3.8, 4) is 0 Å². The second-order valence-electron chi connectivity index (χ2n) is 4.87. The molecule has 0 amide bonds. The average Bonchev–Trinajstić information content (AvgIpc) is 2.42. The third-order valence-electron chi connectivity index (χ3n) is 3.51. The van der Waals surface area contributed by atoms with Crippen LogP contribution in [0, 0.1) is 5.92 Å². The number of hydrogen-bond donors (Lipinski definition) is 0. The minimum absolute atomic E-state index is 0.0548. The molecule has 2 rings (SSSR count). The molecule has 0 heterocycles. The maximum absolute atomic E-state index is 12.4. The minimum Gasteiger partial charge on any atom is -0.460 e. The maximum Gasteiger partial charge on any atom is 0.375 e. The second kappa shape index (κ2) is 5.87. The van der Waals surface area contributed by atoms with Crippen molar-refractivity contribution in [2.24, 2.45) is 5.92 Å². The van der Waals surface area contributed by atoms with E-state index >= 15 is 0 Å². The molecule has 2 atom stereocenters. The first kappa shape index (κ1) is 14.9. The Balaban J connectivity index is 2.34. The third kappa shape index (κ3) is 2.68. The highest BCUT2D eigenvalue weighted by Gasteiger charge is 2.39. The van der Waals surface area contributed by atoms with Gasteiger partial charge >= 0.3 is 5.97 Å². The van der Waals surface area contributed by atoms with Crippen LogP contribution in [0.3, 0.4) is 0 Å². The number of ketones is 2. The fourth-order valence-corrected chi connectivity index (χ4v) is 2.88. The van der Waals surface area contributed by atoms with Gasteiger partial charge in [0.05, 0.1) is 12.5 Å². The molecule has 1 aromatic carbocycles. The lowest BCUT2D eigenvalue weighted by molar-refractivity contribution is -0.154. The molecule has 4 nitrogen and oxygen atoms in total. The van der Waals surface area contributed by atoms with Crippen LogP contribution in [-0.2, 0) is 14.3 Å². The molecule has 0 N–H and O–H groups in total. The van der Waals surface area contributed by atoms with Crippen molar-refractivity contribution in [3.63, 3.8) is 0 Å². The Morgan fingerprint density at radius 1 is 1.40 bits per heavy atom. The molecule has 0 aromatic heterocycles. The average molecular weight is 339 g/mol. The van der Waals surface area contributed by atoms with Crippen molar-refractivity contribution < 1.29 is 19.1 Å². The van der Waals surface area contributed by atoms with Gasteiger partial charge in [0.25, 0.3) is 5.78 Å². The van der Waals surface area contributed by atoms with Gasteiger partial charge in [0, 0.05) is 10.0 Å². The summed E-state index contributed by atoms with van der Waals surface area (Å²) in [5.74, 6) is -2.83. The van der Waals surface area contributed by atoms with E-state index < -0.39 is 17.7 Å². The molecule has 5 heteroatoms. The number of Topliss-reactive ketones (excluding diaryl/α,β-unsaturated/α-hetero) is 2. The zero-order valence-corrected chi connectivity index (χ0v) is 12.9. The standard InChI is InChI=1S/C15H15BrO4/c1-3-20-15(19)14(18)12-6-8(2)10-5-4-9(16)7-11(10)13(12)17/h4-5,7-8,12H,3,6H2,1-2H3. The van der Waals surface area contributed by atoms with Gasteiger partial charge < -0.3 is 4.74 Å². The number of ether oxygens (including phenoxy) is 1. The molecule has 1 aromatic rings. The number of benzene rings is 1. The highest BCUT2D eigenvalue weighted by atomic mass is 79.9. The van der Waals surface area contributed by atoms with E-state index in [2.05, 4.69) is 15.9 Å². The van der Waals surface area contributed by atoms with Gasteiger partial charge in [-0.2, -0.15) is 0 Å². The Hall–Kier alpha value is -1.49. The number of carbonyl (C=O) groups is 3. The van der Waals surface area contributed by atoms with Crippen LogP contribution in [-0.4, -0.2) is 24.1 Å². The Morgan fingerprint density at radius 2 is 2.10 bits per heavy atom. The summed E-state index contributed by atoms with van der Waals surface area (Å²) in [6.07, 6.45) is 0.352. The van der Waals surface area contributed by atoms with E-state index in [-0.39, 0.29) is 18.3 Å². The second-order valence-corrected chi connectivity index (χ2v) is 5.79. The molecule has 1 aliphatic carbocycles. The summed E-state index contributed by atoms with van der Waals surface area (Å²) in [6.45, 7) is 3.71. The van der Waals surface area contributed by atoms with E-state index in [0.717, 1.165) is 10.0 Å². The molecule has 0 bridgehead atoms. The van der Waals surface area contributed by atoms with Crippen molar-refractivity contribution in [1.29, 1.82) is 0 Å². The molecule has 0 saturated carbocycles. The number of esters is 1. The summed E-state index contributed by atoms with van der Waals surface area (Å²) in [4.78, 5) is 36.0. The molecule has 0 aliphatic heterocycles. The highest BCUT2D eigenvalue weighted by molar-refractivity contribution is 9.10. The van der Waals surface area contributed by atoms with Crippen molar-refractivity contribution in [2.45, 2.75) is 26.2 Å². The van der Waals surface area contributed by atoms with Gasteiger partial charge in [-0.1, -0.05) is 28.9 Å². The smallest absolute Gasteiger partial charge is 0.375 e. The first-order chi connectivity index (χ1) is 9.45. The van der Waals surface area contributed by atoms with Crippen LogP contribution in [0.25, 0.3) is 0 Å². The predicted octanol–water partition coefficient (Wildman–Crippen LogP) is 2.89. The Kier molecular flexibility index (Phi) is 4.38. The van der Waals surface area contributed by atoms with Crippen LogP contribution in [0.2, 0.25) is 0 Å². The fourth-order valence-electron chi connectivity index (χ4n) is 2.52. The number of hydrogen-bond acceptors (Lipinski definition) is 4. The Morgan fingerprint density at radius 3 is 2.75 bits per heavy atom.